The third kappa shape index (κ3) is 3.78. The second-order valence-electron chi connectivity index (χ2n) is 11.8. The quantitative estimate of drug-likeness (QED) is 0.202. The molecular weight excluding hydrogens is 506 g/mol. The van der Waals surface area contributed by atoms with E-state index in [4.69, 9.17) is 0 Å². The summed E-state index contributed by atoms with van der Waals surface area (Å²) in [4.78, 5) is 2.45. The van der Waals surface area contributed by atoms with Gasteiger partial charge in [-0.05, 0) is 79.9 Å². The second kappa shape index (κ2) is 9.46. The molecule has 0 heterocycles. The van der Waals surface area contributed by atoms with Crippen molar-refractivity contribution < 1.29 is 0 Å². The maximum absolute atomic E-state index is 2.45. The fraction of sp³-hybridized carbons (Fsp3) is 0.0732. The van der Waals surface area contributed by atoms with Gasteiger partial charge in [-0.2, -0.15) is 0 Å². The van der Waals surface area contributed by atoms with Crippen molar-refractivity contribution in [3.63, 3.8) is 0 Å². The van der Waals surface area contributed by atoms with Crippen LogP contribution in [0.15, 0.2) is 152 Å². The second-order valence-corrected chi connectivity index (χ2v) is 11.8. The van der Waals surface area contributed by atoms with Crippen LogP contribution in [0, 0.1) is 0 Å². The van der Waals surface area contributed by atoms with E-state index in [1.165, 1.54) is 66.3 Å². The summed E-state index contributed by atoms with van der Waals surface area (Å²) in [5.74, 6) is 0. The van der Waals surface area contributed by atoms with E-state index in [1.807, 2.05) is 0 Å². The van der Waals surface area contributed by atoms with Crippen LogP contribution in [0.4, 0.5) is 17.1 Å². The first-order chi connectivity index (χ1) is 20.6. The van der Waals surface area contributed by atoms with Crippen LogP contribution in [0.5, 0.6) is 0 Å². The highest BCUT2D eigenvalue weighted by Gasteiger charge is 2.35. The summed E-state index contributed by atoms with van der Waals surface area (Å²) >= 11 is 0. The van der Waals surface area contributed by atoms with Crippen LogP contribution in [0.3, 0.4) is 0 Å². The van der Waals surface area contributed by atoms with E-state index in [0.29, 0.717) is 0 Å². The van der Waals surface area contributed by atoms with E-state index in [9.17, 15) is 0 Å². The Kier molecular flexibility index (Phi) is 5.55. The van der Waals surface area contributed by atoms with Crippen LogP contribution in [0.1, 0.15) is 25.0 Å². The zero-order chi connectivity index (χ0) is 28.3. The molecule has 1 aliphatic rings. The Morgan fingerprint density at radius 1 is 0.429 bits per heavy atom. The minimum absolute atomic E-state index is 0.0732. The van der Waals surface area contributed by atoms with E-state index < -0.39 is 0 Å². The summed E-state index contributed by atoms with van der Waals surface area (Å²) < 4.78 is 0. The average Bonchev–Trinajstić information content (AvgIpc) is 3.28. The van der Waals surface area contributed by atoms with E-state index in [1.54, 1.807) is 0 Å². The van der Waals surface area contributed by atoms with Crippen LogP contribution in [0.25, 0.3) is 43.8 Å². The van der Waals surface area contributed by atoms with Gasteiger partial charge in [0.25, 0.3) is 0 Å². The molecule has 200 valence electrons. The van der Waals surface area contributed by atoms with Crippen molar-refractivity contribution in [2.75, 3.05) is 4.90 Å². The van der Waals surface area contributed by atoms with Crippen LogP contribution in [-0.2, 0) is 5.41 Å². The third-order valence-electron chi connectivity index (χ3n) is 9.05. The molecule has 0 spiro atoms. The molecule has 1 heteroatoms. The summed E-state index contributed by atoms with van der Waals surface area (Å²) in [7, 11) is 0. The number of hydrogen-bond donors (Lipinski definition) is 0. The zero-order valence-corrected chi connectivity index (χ0v) is 23.9. The highest BCUT2D eigenvalue weighted by atomic mass is 15.1. The Bertz CT molecular complexity index is 2100. The average molecular weight is 538 g/mol. The van der Waals surface area contributed by atoms with Gasteiger partial charge in [-0.15, -0.1) is 0 Å². The van der Waals surface area contributed by atoms with Gasteiger partial charge in [0, 0.05) is 22.2 Å². The lowest BCUT2D eigenvalue weighted by Gasteiger charge is -2.29. The molecule has 0 atom stereocenters. The molecule has 0 amide bonds. The normalized spacial score (nSPS) is 13.2. The molecule has 8 rings (SSSR count). The Hall–Kier alpha value is -5.14. The summed E-state index contributed by atoms with van der Waals surface area (Å²) in [6.45, 7) is 4.71. The minimum Gasteiger partial charge on any atom is -0.310 e. The number of fused-ring (bicyclic) bond motifs is 6. The molecule has 0 saturated carbocycles. The lowest BCUT2D eigenvalue weighted by atomic mass is 9.82. The SMILES string of the molecule is CC1(C)c2ccccc2-c2ccc(N(c3ccc(-c4ccccc4)cc3)c3cc4ccccc4c4ccccc34)cc21. The molecular formula is C41H31N. The molecule has 0 aromatic heterocycles. The fourth-order valence-corrected chi connectivity index (χ4v) is 6.91. The standard InChI is InChI=1S/C41H31N/c1-41(2)38-19-11-10-17-35(38)36-25-24-32(27-39(36)41)42(31-22-20-29(21-23-31)28-12-4-3-5-13-28)40-26-30-14-6-7-15-33(30)34-16-8-9-18-37(34)40/h3-27H,1-2H3. The highest BCUT2D eigenvalue weighted by molar-refractivity contribution is 6.14. The molecule has 0 unspecified atom stereocenters. The van der Waals surface area contributed by atoms with Crippen molar-refractivity contribution in [2.45, 2.75) is 19.3 Å². The van der Waals surface area contributed by atoms with Crippen molar-refractivity contribution in [1.29, 1.82) is 0 Å². The Morgan fingerprint density at radius 3 is 1.83 bits per heavy atom. The molecule has 42 heavy (non-hydrogen) atoms. The molecule has 0 fully saturated rings. The Labute approximate surface area is 247 Å². The number of anilines is 3. The lowest BCUT2D eigenvalue weighted by molar-refractivity contribution is 0.660. The molecule has 0 radical (unpaired) electrons. The molecule has 7 aromatic carbocycles. The van der Waals surface area contributed by atoms with Crippen molar-refractivity contribution in [2.24, 2.45) is 0 Å². The van der Waals surface area contributed by atoms with Gasteiger partial charge >= 0.3 is 0 Å². The number of nitrogens with zero attached hydrogens (tertiary/aromatic N) is 1. The summed E-state index contributed by atoms with van der Waals surface area (Å²) in [5.41, 5.74) is 11.3. The number of hydrogen-bond acceptors (Lipinski definition) is 1. The van der Waals surface area contributed by atoms with Gasteiger partial charge in [0.2, 0.25) is 0 Å². The number of benzene rings is 7. The van der Waals surface area contributed by atoms with E-state index in [-0.39, 0.29) is 5.41 Å². The first kappa shape index (κ1) is 24.6. The van der Waals surface area contributed by atoms with Crippen LogP contribution in [0.2, 0.25) is 0 Å². The summed E-state index contributed by atoms with van der Waals surface area (Å²) in [5, 5.41) is 5.03. The van der Waals surface area contributed by atoms with Gasteiger partial charge in [-0.3, -0.25) is 0 Å². The molecule has 0 aliphatic heterocycles. The van der Waals surface area contributed by atoms with Gasteiger partial charge in [-0.1, -0.05) is 135 Å². The number of rotatable bonds is 4. The van der Waals surface area contributed by atoms with Gasteiger partial charge in [0.05, 0.1) is 5.69 Å². The predicted octanol–water partition coefficient (Wildman–Crippen LogP) is 11.4. The fourth-order valence-electron chi connectivity index (χ4n) is 6.91. The molecule has 0 saturated heterocycles. The van der Waals surface area contributed by atoms with Gasteiger partial charge in [-0.25, -0.2) is 0 Å². The summed E-state index contributed by atoms with van der Waals surface area (Å²) in [6, 6.07) is 55.4. The monoisotopic (exact) mass is 537 g/mol. The molecule has 7 aromatic rings. The van der Waals surface area contributed by atoms with Crippen LogP contribution in [-0.4, -0.2) is 0 Å². The van der Waals surface area contributed by atoms with Crippen molar-refractivity contribution in [3.8, 4) is 22.3 Å². The molecule has 1 aliphatic carbocycles. The van der Waals surface area contributed by atoms with Gasteiger partial charge in [0.1, 0.15) is 0 Å². The summed E-state index contributed by atoms with van der Waals surface area (Å²) in [6.07, 6.45) is 0. The highest BCUT2D eigenvalue weighted by Crippen LogP contribution is 2.51. The van der Waals surface area contributed by atoms with Crippen LogP contribution >= 0.6 is 0 Å². The molecule has 0 N–H and O–H groups in total. The third-order valence-corrected chi connectivity index (χ3v) is 9.05. The molecule has 1 nitrogen and oxygen atoms in total. The van der Waals surface area contributed by atoms with E-state index >= 15 is 0 Å². The smallest absolute Gasteiger partial charge is 0.0546 e. The van der Waals surface area contributed by atoms with E-state index in [2.05, 4.69) is 170 Å². The Balaban J connectivity index is 1.37. The Morgan fingerprint density at radius 2 is 1.02 bits per heavy atom. The maximum atomic E-state index is 2.45. The van der Waals surface area contributed by atoms with E-state index in [0.717, 1.165) is 5.69 Å². The van der Waals surface area contributed by atoms with Gasteiger partial charge < -0.3 is 4.90 Å². The van der Waals surface area contributed by atoms with Gasteiger partial charge in [0.15, 0.2) is 0 Å². The zero-order valence-electron chi connectivity index (χ0n) is 23.9. The lowest BCUT2D eigenvalue weighted by Crippen LogP contribution is -2.16. The van der Waals surface area contributed by atoms with Crippen LogP contribution < -0.4 is 4.90 Å². The predicted molar refractivity (Wildman–Crippen MR) is 179 cm³/mol. The first-order valence-corrected chi connectivity index (χ1v) is 14.7. The first-order valence-electron chi connectivity index (χ1n) is 14.7. The minimum atomic E-state index is -0.0732. The van der Waals surface area contributed by atoms with Crippen molar-refractivity contribution in [3.05, 3.63) is 163 Å². The largest absolute Gasteiger partial charge is 0.310 e. The molecule has 0 bridgehead atoms. The van der Waals surface area contributed by atoms with Crippen molar-refractivity contribution in [1.82, 2.24) is 0 Å². The maximum Gasteiger partial charge on any atom is 0.0546 e. The van der Waals surface area contributed by atoms with Crippen molar-refractivity contribution >= 4 is 38.6 Å². The topological polar surface area (TPSA) is 3.24 Å².